The van der Waals surface area contributed by atoms with Gasteiger partial charge in [0.15, 0.2) is 0 Å². The molecule has 0 amide bonds. The highest BCUT2D eigenvalue weighted by Crippen LogP contribution is 2.26. The monoisotopic (exact) mass is 254 g/mol. The van der Waals surface area contributed by atoms with Crippen molar-refractivity contribution in [1.29, 1.82) is 0 Å². The second-order valence-corrected chi connectivity index (χ2v) is 6.19. The fourth-order valence-electron chi connectivity index (χ4n) is 1.63. The number of aliphatic hydroxyl groups is 1. The lowest BCUT2D eigenvalue weighted by molar-refractivity contribution is -0.385. The molecule has 0 bridgehead atoms. The topological polar surface area (TPSA) is 34.4 Å². The van der Waals surface area contributed by atoms with Crippen LogP contribution in [0.25, 0.3) is 10.2 Å². The zero-order valence-electron chi connectivity index (χ0n) is 9.32. The lowest BCUT2D eigenvalue weighted by Gasteiger charge is -1.96. The van der Waals surface area contributed by atoms with Gasteiger partial charge in [0.2, 0.25) is 5.52 Å². The second kappa shape index (κ2) is 5.66. The Balaban J connectivity index is 2.23. The Morgan fingerprint density at radius 3 is 3.06 bits per heavy atom. The van der Waals surface area contributed by atoms with Gasteiger partial charge in [0.1, 0.15) is 4.70 Å². The van der Waals surface area contributed by atoms with E-state index in [0.717, 1.165) is 18.6 Å². The van der Waals surface area contributed by atoms with Crippen molar-refractivity contribution in [1.82, 2.24) is 0 Å². The van der Waals surface area contributed by atoms with Crippen molar-refractivity contribution in [3.05, 3.63) is 23.8 Å². The minimum Gasteiger partial charge on any atom is -0.396 e. The van der Waals surface area contributed by atoms with E-state index in [4.69, 9.17) is 5.11 Å². The molecule has 0 unspecified atom stereocenters. The molecule has 0 atom stereocenters. The first-order valence-electron chi connectivity index (χ1n) is 5.52. The molecule has 2 aromatic rings. The maximum atomic E-state index is 8.81. The fraction of sp³-hybridized carbons (Fsp3) is 0.417. The van der Waals surface area contributed by atoms with E-state index in [-0.39, 0.29) is 6.61 Å². The van der Waals surface area contributed by atoms with E-state index in [2.05, 4.69) is 30.1 Å². The molecule has 2 nitrogen and oxygen atoms in total. The molecule has 1 aromatic carbocycles. The van der Waals surface area contributed by atoms with Gasteiger partial charge < -0.3 is 5.11 Å². The maximum absolute atomic E-state index is 8.81. The summed E-state index contributed by atoms with van der Waals surface area (Å²) < 4.78 is 2.58. The van der Waals surface area contributed by atoms with E-state index in [0.29, 0.717) is 0 Å². The van der Waals surface area contributed by atoms with Crippen LogP contribution in [0.2, 0.25) is 0 Å². The summed E-state index contributed by atoms with van der Waals surface area (Å²) in [6.45, 7) is 2.43. The van der Waals surface area contributed by atoms with Crippen LogP contribution in [-0.4, -0.2) is 17.5 Å². The zero-order chi connectivity index (χ0) is 11.4. The highest BCUT2D eigenvalue weighted by atomic mass is 32.2. The lowest BCUT2D eigenvalue weighted by atomic mass is 10.1. The average Bonchev–Trinajstić information content (AvgIpc) is 2.68. The molecule has 4 heteroatoms. The zero-order valence-corrected chi connectivity index (χ0v) is 11.0. The molecule has 86 valence electrons. The van der Waals surface area contributed by atoms with Crippen molar-refractivity contribution in [2.24, 2.45) is 0 Å². The number of rotatable bonds is 5. The Labute approximate surface area is 104 Å². The molecule has 0 aliphatic rings. The van der Waals surface area contributed by atoms with Crippen LogP contribution in [0.4, 0.5) is 0 Å². The number of hydrogen-bond donors (Lipinski definition) is 1. The van der Waals surface area contributed by atoms with Crippen LogP contribution in [0.15, 0.2) is 22.5 Å². The molecular formula is C12H16NOS2+. The van der Waals surface area contributed by atoms with E-state index in [1.54, 1.807) is 0 Å². The fourth-order valence-corrected chi connectivity index (χ4v) is 3.65. The standard InChI is InChI=1S/C12H15NOS2/c1-2-15-12-13-10-8-9(4-3-7-14)5-6-11(10)16-12/h5-6,8,14H,2-4,7H2,1H3/p+1. The van der Waals surface area contributed by atoms with Gasteiger partial charge in [-0.3, -0.25) is 0 Å². The number of nitrogens with one attached hydrogen (secondary N) is 1. The predicted molar refractivity (Wildman–Crippen MR) is 70.2 cm³/mol. The van der Waals surface area contributed by atoms with Gasteiger partial charge in [-0.15, -0.1) is 0 Å². The first-order valence-corrected chi connectivity index (χ1v) is 7.32. The SMILES string of the molecule is CCSc1[nH+]c2cc(CCCO)ccc2s1. The molecule has 0 aliphatic heterocycles. The highest BCUT2D eigenvalue weighted by Gasteiger charge is 2.11. The number of aliphatic hydroxyl groups excluding tert-OH is 1. The second-order valence-electron chi connectivity index (χ2n) is 3.61. The lowest BCUT2D eigenvalue weighted by Crippen LogP contribution is -2.00. The molecule has 0 saturated carbocycles. The van der Waals surface area contributed by atoms with Gasteiger partial charge in [-0.05, 0) is 36.2 Å². The van der Waals surface area contributed by atoms with Crippen LogP contribution >= 0.6 is 23.1 Å². The quantitative estimate of drug-likeness (QED) is 0.833. The van der Waals surface area contributed by atoms with Crippen molar-refractivity contribution in [2.75, 3.05) is 12.4 Å². The molecule has 1 aromatic heterocycles. The number of aromatic amines is 1. The number of hydrogen-bond acceptors (Lipinski definition) is 3. The van der Waals surface area contributed by atoms with Crippen molar-refractivity contribution in [3.63, 3.8) is 0 Å². The number of aryl methyl sites for hydroxylation is 1. The summed E-state index contributed by atoms with van der Waals surface area (Å²) in [6.07, 6.45) is 1.79. The van der Waals surface area contributed by atoms with Crippen LogP contribution < -0.4 is 4.98 Å². The Morgan fingerprint density at radius 2 is 2.31 bits per heavy atom. The van der Waals surface area contributed by atoms with E-state index in [1.165, 1.54) is 20.1 Å². The Morgan fingerprint density at radius 1 is 1.44 bits per heavy atom. The molecule has 1 heterocycles. The minimum absolute atomic E-state index is 0.266. The van der Waals surface area contributed by atoms with Crippen molar-refractivity contribution >= 4 is 33.3 Å². The average molecular weight is 254 g/mol. The van der Waals surface area contributed by atoms with Crippen molar-refractivity contribution in [3.8, 4) is 0 Å². The molecule has 0 aliphatic carbocycles. The minimum atomic E-state index is 0.266. The normalized spacial score (nSPS) is 11.1. The number of thiazole rings is 1. The Kier molecular flexibility index (Phi) is 4.21. The summed E-state index contributed by atoms with van der Waals surface area (Å²) in [4.78, 5) is 3.43. The smallest absolute Gasteiger partial charge is 0.296 e. The number of aromatic nitrogens is 1. The van der Waals surface area contributed by atoms with Crippen LogP contribution in [0.5, 0.6) is 0 Å². The van der Waals surface area contributed by atoms with Crippen LogP contribution in [-0.2, 0) is 6.42 Å². The van der Waals surface area contributed by atoms with Gasteiger partial charge in [-0.25, -0.2) is 0 Å². The van der Waals surface area contributed by atoms with Crippen LogP contribution in [0.1, 0.15) is 18.9 Å². The van der Waals surface area contributed by atoms with E-state index < -0.39 is 0 Å². The van der Waals surface area contributed by atoms with E-state index in [1.807, 2.05) is 23.1 Å². The highest BCUT2D eigenvalue weighted by molar-refractivity contribution is 8.00. The summed E-state index contributed by atoms with van der Waals surface area (Å²) in [6, 6.07) is 6.52. The molecule has 0 spiro atoms. The molecule has 16 heavy (non-hydrogen) atoms. The Hall–Kier alpha value is -0.580. The van der Waals surface area contributed by atoms with Gasteiger partial charge in [0, 0.05) is 18.4 Å². The number of fused-ring (bicyclic) bond motifs is 1. The third kappa shape index (κ3) is 2.75. The van der Waals surface area contributed by atoms with Crippen molar-refractivity contribution < 1.29 is 10.1 Å². The van der Waals surface area contributed by atoms with Crippen LogP contribution in [0.3, 0.4) is 0 Å². The number of thioether (sulfide) groups is 1. The molecule has 0 fully saturated rings. The summed E-state index contributed by atoms with van der Waals surface area (Å²) in [5, 5.41) is 8.81. The molecule has 2 rings (SSSR count). The maximum Gasteiger partial charge on any atom is 0.296 e. The molecule has 2 N–H and O–H groups in total. The Bertz CT molecular complexity index is 467. The van der Waals surface area contributed by atoms with Gasteiger partial charge in [0.25, 0.3) is 4.34 Å². The summed E-state index contributed by atoms with van der Waals surface area (Å²) in [5.41, 5.74) is 2.51. The van der Waals surface area contributed by atoms with Gasteiger partial charge in [-0.2, -0.15) is 4.98 Å². The summed E-state index contributed by atoms with van der Waals surface area (Å²) in [7, 11) is 0. The number of H-pyrrole nitrogens is 1. The summed E-state index contributed by atoms with van der Waals surface area (Å²) >= 11 is 3.66. The first-order chi connectivity index (χ1) is 7.83. The molecule has 0 radical (unpaired) electrons. The van der Waals surface area contributed by atoms with Gasteiger partial charge in [0.05, 0.1) is 0 Å². The van der Waals surface area contributed by atoms with E-state index in [9.17, 15) is 0 Å². The molecule has 0 saturated heterocycles. The third-order valence-corrected chi connectivity index (χ3v) is 4.50. The summed E-state index contributed by atoms with van der Waals surface area (Å²) in [5.74, 6) is 1.10. The van der Waals surface area contributed by atoms with Crippen LogP contribution in [0, 0.1) is 0 Å². The number of benzene rings is 1. The largest absolute Gasteiger partial charge is 0.396 e. The predicted octanol–water partition coefficient (Wildman–Crippen LogP) is 2.75. The first kappa shape index (κ1) is 11.9. The third-order valence-electron chi connectivity index (χ3n) is 2.38. The van der Waals surface area contributed by atoms with Gasteiger partial charge in [-0.1, -0.05) is 24.3 Å². The van der Waals surface area contributed by atoms with Gasteiger partial charge >= 0.3 is 0 Å². The van der Waals surface area contributed by atoms with E-state index >= 15 is 0 Å². The molecular weight excluding hydrogens is 238 g/mol. The van der Waals surface area contributed by atoms with Crippen molar-refractivity contribution in [2.45, 2.75) is 24.1 Å².